The minimum Gasteiger partial charge on any atom is -0.434 e. The predicted molar refractivity (Wildman–Crippen MR) is 74.1 cm³/mol. The Morgan fingerprint density at radius 1 is 1.38 bits per heavy atom. The predicted octanol–water partition coefficient (Wildman–Crippen LogP) is 1.83. The number of ether oxygens (including phenoxy) is 2. The van der Waals surface area contributed by atoms with Gasteiger partial charge in [0.1, 0.15) is 5.75 Å². The molecule has 0 bridgehead atoms. The third-order valence-electron chi connectivity index (χ3n) is 2.93. The maximum absolute atomic E-state index is 12.4. The van der Waals surface area contributed by atoms with E-state index in [0.717, 1.165) is 0 Å². The Bertz CT molecular complexity index is 458. The van der Waals surface area contributed by atoms with Crippen molar-refractivity contribution in [3.63, 3.8) is 0 Å². The zero-order valence-electron chi connectivity index (χ0n) is 12.0. The number of alkyl halides is 2. The monoisotopic (exact) mass is 302 g/mol. The largest absolute Gasteiger partial charge is 0.434 e. The van der Waals surface area contributed by atoms with Crippen molar-refractivity contribution in [2.75, 3.05) is 13.7 Å². The second-order valence-corrected chi connectivity index (χ2v) is 4.53. The third-order valence-corrected chi connectivity index (χ3v) is 2.93. The number of benzene rings is 1. The van der Waals surface area contributed by atoms with Crippen molar-refractivity contribution in [3.05, 3.63) is 29.8 Å². The first-order chi connectivity index (χ1) is 9.95. The molecule has 2 unspecified atom stereocenters. The van der Waals surface area contributed by atoms with Crippen LogP contribution in [0, 0.1) is 0 Å². The van der Waals surface area contributed by atoms with Crippen molar-refractivity contribution < 1.29 is 23.0 Å². The molecule has 1 aromatic rings. The molecule has 7 heteroatoms. The summed E-state index contributed by atoms with van der Waals surface area (Å²) in [6, 6.07) is 5.09. The van der Waals surface area contributed by atoms with Gasteiger partial charge in [-0.1, -0.05) is 18.2 Å². The minimum atomic E-state index is -2.92. The number of methoxy groups -OCH3 is 1. The molecule has 21 heavy (non-hydrogen) atoms. The average Bonchev–Trinajstić information content (AvgIpc) is 2.44. The first kappa shape index (κ1) is 17.3. The standard InChI is InChI=1S/C14H20F2N2O3/c1-9(18-13(19)11(17)7-8-20-2)10-5-3-4-6-12(10)21-14(15)16/h3-6,9,11,14H,7-8,17H2,1-2H3,(H,18,19). The molecule has 0 radical (unpaired) electrons. The molecule has 0 spiro atoms. The normalized spacial score (nSPS) is 13.8. The van der Waals surface area contributed by atoms with Crippen molar-refractivity contribution >= 4 is 5.91 Å². The first-order valence-corrected chi connectivity index (χ1v) is 6.54. The Kier molecular flexibility index (Phi) is 7.04. The minimum absolute atomic E-state index is 0.0331. The molecule has 5 nitrogen and oxygen atoms in total. The van der Waals surface area contributed by atoms with E-state index in [9.17, 15) is 13.6 Å². The lowest BCUT2D eigenvalue weighted by Crippen LogP contribution is -2.42. The van der Waals surface area contributed by atoms with Crippen molar-refractivity contribution in [1.82, 2.24) is 5.32 Å². The highest BCUT2D eigenvalue weighted by Gasteiger charge is 2.19. The van der Waals surface area contributed by atoms with Gasteiger partial charge in [-0.3, -0.25) is 4.79 Å². The van der Waals surface area contributed by atoms with Gasteiger partial charge in [-0.05, 0) is 19.4 Å². The SMILES string of the molecule is COCCC(N)C(=O)NC(C)c1ccccc1OC(F)F. The fourth-order valence-corrected chi connectivity index (χ4v) is 1.82. The van der Waals surface area contributed by atoms with Gasteiger partial charge in [0.05, 0.1) is 12.1 Å². The molecule has 0 aliphatic heterocycles. The molecule has 0 saturated carbocycles. The van der Waals surface area contributed by atoms with Crippen LogP contribution in [0.3, 0.4) is 0 Å². The van der Waals surface area contributed by atoms with Crippen molar-refractivity contribution in [2.24, 2.45) is 5.73 Å². The number of hydrogen-bond acceptors (Lipinski definition) is 4. The first-order valence-electron chi connectivity index (χ1n) is 6.54. The summed E-state index contributed by atoms with van der Waals surface area (Å²) < 4.78 is 34.0. The van der Waals surface area contributed by atoms with Gasteiger partial charge in [0.15, 0.2) is 0 Å². The lowest BCUT2D eigenvalue weighted by atomic mass is 10.1. The van der Waals surface area contributed by atoms with E-state index in [4.69, 9.17) is 10.5 Å². The van der Waals surface area contributed by atoms with E-state index in [0.29, 0.717) is 18.6 Å². The van der Waals surface area contributed by atoms with Gasteiger partial charge < -0.3 is 20.5 Å². The van der Waals surface area contributed by atoms with E-state index in [1.165, 1.54) is 13.2 Å². The van der Waals surface area contributed by atoms with Crippen LogP contribution in [0.5, 0.6) is 5.75 Å². The van der Waals surface area contributed by atoms with E-state index in [1.807, 2.05) is 0 Å². The Balaban J connectivity index is 2.70. The van der Waals surface area contributed by atoms with Crippen molar-refractivity contribution in [3.8, 4) is 5.75 Å². The second kappa shape index (κ2) is 8.53. The lowest BCUT2D eigenvalue weighted by Gasteiger charge is -2.20. The summed E-state index contributed by atoms with van der Waals surface area (Å²) >= 11 is 0. The average molecular weight is 302 g/mol. The van der Waals surface area contributed by atoms with Crippen LogP contribution in [-0.2, 0) is 9.53 Å². The number of carbonyl (C=O) groups excluding carboxylic acids is 1. The number of amides is 1. The molecule has 0 heterocycles. The topological polar surface area (TPSA) is 73.6 Å². The molecular weight excluding hydrogens is 282 g/mol. The van der Waals surface area contributed by atoms with Crippen LogP contribution in [0.2, 0.25) is 0 Å². The highest BCUT2D eigenvalue weighted by atomic mass is 19.3. The Morgan fingerprint density at radius 2 is 2.05 bits per heavy atom. The van der Waals surface area contributed by atoms with Crippen LogP contribution in [0.25, 0.3) is 0 Å². The quantitative estimate of drug-likeness (QED) is 0.768. The number of hydrogen-bond donors (Lipinski definition) is 2. The van der Waals surface area contributed by atoms with E-state index in [2.05, 4.69) is 10.1 Å². The van der Waals surface area contributed by atoms with Gasteiger partial charge in [0.2, 0.25) is 5.91 Å². The molecule has 118 valence electrons. The summed E-state index contributed by atoms with van der Waals surface area (Å²) in [6.07, 6.45) is 0.379. The molecule has 0 fully saturated rings. The van der Waals surface area contributed by atoms with Gasteiger partial charge in [0.25, 0.3) is 0 Å². The number of para-hydroxylation sites is 1. The van der Waals surface area contributed by atoms with Gasteiger partial charge in [0, 0.05) is 19.3 Å². The highest BCUT2D eigenvalue weighted by molar-refractivity contribution is 5.81. The van der Waals surface area contributed by atoms with Crippen LogP contribution in [0.15, 0.2) is 24.3 Å². The zero-order valence-corrected chi connectivity index (χ0v) is 12.0. The third kappa shape index (κ3) is 5.65. The van der Waals surface area contributed by atoms with Gasteiger partial charge >= 0.3 is 6.61 Å². The summed E-state index contributed by atoms with van der Waals surface area (Å²) in [5, 5.41) is 2.67. The van der Waals surface area contributed by atoms with Crippen molar-refractivity contribution in [2.45, 2.75) is 32.0 Å². The maximum atomic E-state index is 12.4. The maximum Gasteiger partial charge on any atom is 0.387 e. The molecule has 0 aromatic heterocycles. The molecular formula is C14H20F2N2O3. The number of nitrogens with one attached hydrogen (secondary N) is 1. The van der Waals surface area contributed by atoms with Gasteiger partial charge in [-0.15, -0.1) is 0 Å². The fraction of sp³-hybridized carbons (Fsp3) is 0.500. The van der Waals surface area contributed by atoms with Gasteiger partial charge in [-0.2, -0.15) is 8.78 Å². The van der Waals surface area contributed by atoms with Crippen LogP contribution >= 0.6 is 0 Å². The van der Waals surface area contributed by atoms with E-state index in [-0.39, 0.29) is 11.7 Å². The molecule has 3 N–H and O–H groups in total. The summed E-state index contributed by atoms with van der Waals surface area (Å²) in [5.41, 5.74) is 6.17. The number of carbonyl (C=O) groups is 1. The molecule has 0 saturated heterocycles. The molecule has 0 aliphatic rings. The summed E-state index contributed by atoms with van der Waals surface area (Å²) in [4.78, 5) is 11.9. The Labute approximate surface area is 122 Å². The molecule has 1 aromatic carbocycles. The summed E-state index contributed by atoms with van der Waals surface area (Å²) in [5.74, 6) is -0.336. The molecule has 2 atom stereocenters. The number of nitrogens with two attached hydrogens (primary N) is 1. The Morgan fingerprint density at radius 3 is 2.67 bits per heavy atom. The zero-order chi connectivity index (χ0) is 15.8. The smallest absolute Gasteiger partial charge is 0.387 e. The lowest BCUT2D eigenvalue weighted by molar-refractivity contribution is -0.123. The molecule has 1 amide bonds. The summed E-state index contributed by atoms with van der Waals surface area (Å²) in [6.45, 7) is -0.874. The van der Waals surface area contributed by atoms with Crippen molar-refractivity contribution in [1.29, 1.82) is 0 Å². The summed E-state index contributed by atoms with van der Waals surface area (Å²) in [7, 11) is 1.52. The Hall–Kier alpha value is -1.73. The van der Waals surface area contributed by atoms with Gasteiger partial charge in [-0.25, -0.2) is 0 Å². The van der Waals surface area contributed by atoms with E-state index in [1.54, 1.807) is 25.1 Å². The van der Waals surface area contributed by atoms with Crippen LogP contribution in [0.4, 0.5) is 8.78 Å². The van der Waals surface area contributed by atoms with E-state index >= 15 is 0 Å². The van der Waals surface area contributed by atoms with Crippen LogP contribution in [-0.4, -0.2) is 32.3 Å². The van der Waals surface area contributed by atoms with E-state index < -0.39 is 18.7 Å². The fourth-order valence-electron chi connectivity index (χ4n) is 1.82. The highest BCUT2D eigenvalue weighted by Crippen LogP contribution is 2.26. The molecule has 1 rings (SSSR count). The van der Waals surface area contributed by atoms with Crippen LogP contribution in [0.1, 0.15) is 24.9 Å². The molecule has 0 aliphatic carbocycles. The number of halogens is 2. The van der Waals surface area contributed by atoms with Crippen LogP contribution < -0.4 is 15.8 Å². The number of rotatable bonds is 8. The second-order valence-electron chi connectivity index (χ2n) is 4.53.